The molecule has 1 aromatic carbocycles. The molecule has 1 saturated heterocycles. The number of likely N-dealkylation sites (tertiary alicyclic amines) is 1. The van der Waals surface area contributed by atoms with Crippen molar-refractivity contribution in [1.82, 2.24) is 30.1 Å². The molecule has 0 amide bonds. The van der Waals surface area contributed by atoms with Gasteiger partial charge in [0.1, 0.15) is 11.8 Å². The zero-order valence-corrected chi connectivity index (χ0v) is 18.5. The molecule has 9 heteroatoms. The maximum absolute atomic E-state index is 13.2. The second-order valence-electron chi connectivity index (χ2n) is 8.79. The average Bonchev–Trinajstić information content (AvgIpc) is 3.25. The number of aromatic nitrogens is 5. The number of nitrogens with one attached hydrogen (secondary N) is 1. The van der Waals surface area contributed by atoms with Crippen molar-refractivity contribution in [2.75, 3.05) is 20.2 Å². The van der Waals surface area contributed by atoms with Crippen LogP contribution in [0.2, 0.25) is 0 Å². The SMILES string of the molecule is CCC(C)(C)n1nnnc1[C@H](c1cc2cc(OC)ccc2[nH]c1=O)N1CCC(O)CC1. The first-order valence-corrected chi connectivity index (χ1v) is 10.8. The minimum absolute atomic E-state index is 0.169. The molecular formula is C22H30N6O3. The van der Waals surface area contributed by atoms with Crippen LogP contribution in [0.25, 0.3) is 10.9 Å². The number of benzene rings is 1. The van der Waals surface area contributed by atoms with E-state index in [-0.39, 0.29) is 17.2 Å². The second-order valence-corrected chi connectivity index (χ2v) is 8.79. The molecule has 2 N–H and O–H groups in total. The number of fused-ring (bicyclic) bond motifs is 1. The highest BCUT2D eigenvalue weighted by Gasteiger charge is 2.35. The molecular weight excluding hydrogens is 396 g/mol. The van der Waals surface area contributed by atoms with Crippen molar-refractivity contribution < 1.29 is 9.84 Å². The van der Waals surface area contributed by atoms with E-state index in [1.807, 2.05) is 28.9 Å². The van der Waals surface area contributed by atoms with Gasteiger partial charge in [-0.15, -0.1) is 5.10 Å². The van der Waals surface area contributed by atoms with E-state index < -0.39 is 6.04 Å². The van der Waals surface area contributed by atoms with Crippen LogP contribution in [0.3, 0.4) is 0 Å². The number of aliphatic hydroxyl groups is 1. The first-order valence-electron chi connectivity index (χ1n) is 10.8. The van der Waals surface area contributed by atoms with E-state index in [1.165, 1.54) is 0 Å². The Morgan fingerprint density at radius 2 is 2.03 bits per heavy atom. The molecule has 3 heterocycles. The number of pyridine rings is 1. The van der Waals surface area contributed by atoms with Gasteiger partial charge in [-0.2, -0.15) is 0 Å². The first kappa shape index (κ1) is 21.5. The zero-order valence-electron chi connectivity index (χ0n) is 18.5. The summed E-state index contributed by atoms with van der Waals surface area (Å²) < 4.78 is 7.20. The Bertz CT molecular complexity index is 1110. The number of methoxy groups -OCH3 is 1. The smallest absolute Gasteiger partial charge is 0.253 e. The molecule has 0 spiro atoms. The fourth-order valence-electron chi connectivity index (χ4n) is 4.12. The molecule has 0 aliphatic carbocycles. The van der Waals surface area contributed by atoms with Crippen molar-refractivity contribution in [1.29, 1.82) is 0 Å². The molecule has 9 nitrogen and oxygen atoms in total. The van der Waals surface area contributed by atoms with Gasteiger partial charge in [0.2, 0.25) is 0 Å². The normalized spacial score (nSPS) is 17.2. The number of aromatic amines is 1. The highest BCUT2D eigenvalue weighted by Crippen LogP contribution is 2.32. The Labute approximate surface area is 181 Å². The summed E-state index contributed by atoms with van der Waals surface area (Å²) in [5.74, 6) is 1.36. The van der Waals surface area contributed by atoms with Gasteiger partial charge in [0, 0.05) is 29.6 Å². The fourth-order valence-corrected chi connectivity index (χ4v) is 4.12. The van der Waals surface area contributed by atoms with Crippen molar-refractivity contribution in [2.45, 2.75) is 57.7 Å². The zero-order chi connectivity index (χ0) is 22.2. The standard InChI is InChI=1S/C22H30N6O3/c1-5-22(2,3)28-20(24-25-26-28)19(27-10-8-15(29)9-11-27)17-13-14-12-16(31-4)6-7-18(14)23-21(17)30/h6-7,12-13,15,19,29H,5,8-11H2,1-4H3,(H,23,30)/t19-/m0/s1. The molecule has 0 unspecified atom stereocenters. The van der Waals surface area contributed by atoms with Gasteiger partial charge in [-0.25, -0.2) is 4.68 Å². The summed E-state index contributed by atoms with van der Waals surface area (Å²) in [6.45, 7) is 7.56. The van der Waals surface area contributed by atoms with Gasteiger partial charge >= 0.3 is 0 Å². The van der Waals surface area contributed by atoms with Crippen LogP contribution in [0.4, 0.5) is 0 Å². The molecule has 4 rings (SSSR count). The maximum atomic E-state index is 13.2. The Hall–Kier alpha value is -2.78. The van der Waals surface area contributed by atoms with Crippen LogP contribution in [-0.2, 0) is 5.54 Å². The number of hydrogen-bond donors (Lipinski definition) is 2. The van der Waals surface area contributed by atoms with Gasteiger partial charge in [0.15, 0.2) is 5.82 Å². The lowest BCUT2D eigenvalue weighted by Gasteiger charge is -2.36. The van der Waals surface area contributed by atoms with Gasteiger partial charge in [-0.3, -0.25) is 9.69 Å². The van der Waals surface area contributed by atoms with Crippen LogP contribution in [0.15, 0.2) is 29.1 Å². The molecule has 166 valence electrons. The maximum Gasteiger partial charge on any atom is 0.253 e. The van der Waals surface area contributed by atoms with Crippen LogP contribution in [0, 0.1) is 0 Å². The quantitative estimate of drug-likeness (QED) is 0.622. The molecule has 3 aromatic rings. The van der Waals surface area contributed by atoms with Crippen molar-refractivity contribution >= 4 is 10.9 Å². The highest BCUT2D eigenvalue weighted by atomic mass is 16.5. The second kappa shape index (κ2) is 8.39. The van der Waals surface area contributed by atoms with Crippen LogP contribution in [0.5, 0.6) is 5.75 Å². The van der Waals surface area contributed by atoms with Crippen molar-refractivity contribution in [3.63, 3.8) is 0 Å². The molecule has 31 heavy (non-hydrogen) atoms. The number of ether oxygens (including phenoxy) is 1. The third-order valence-electron chi connectivity index (χ3n) is 6.42. The average molecular weight is 427 g/mol. The number of aliphatic hydroxyl groups excluding tert-OH is 1. The lowest BCUT2D eigenvalue weighted by molar-refractivity contribution is 0.0644. The lowest BCUT2D eigenvalue weighted by Crippen LogP contribution is -2.43. The topological polar surface area (TPSA) is 109 Å². The predicted octanol–water partition coefficient (Wildman–Crippen LogP) is 2.21. The van der Waals surface area contributed by atoms with E-state index >= 15 is 0 Å². The third-order valence-corrected chi connectivity index (χ3v) is 6.42. The molecule has 0 radical (unpaired) electrons. The molecule has 2 aromatic heterocycles. The predicted molar refractivity (Wildman–Crippen MR) is 117 cm³/mol. The first-order chi connectivity index (χ1) is 14.8. The van der Waals surface area contributed by atoms with E-state index in [0.717, 1.165) is 23.1 Å². The third kappa shape index (κ3) is 4.07. The number of piperidine rings is 1. The lowest BCUT2D eigenvalue weighted by atomic mass is 9.97. The minimum Gasteiger partial charge on any atom is -0.497 e. The van der Waals surface area contributed by atoms with Crippen LogP contribution >= 0.6 is 0 Å². The highest BCUT2D eigenvalue weighted by molar-refractivity contribution is 5.80. The summed E-state index contributed by atoms with van der Waals surface area (Å²) in [6.07, 6.45) is 1.81. The molecule has 0 bridgehead atoms. The number of rotatable bonds is 6. The molecule has 1 aliphatic rings. The molecule has 1 atom stereocenters. The van der Waals surface area contributed by atoms with Gasteiger partial charge in [-0.1, -0.05) is 6.92 Å². The summed E-state index contributed by atoms with van der Waals surface area (Å²) >= 11 is 0. The van der Waals surface area contributed by atoms with E-state index in [2.05, 4.69) is 46.2 Å². The Morgan fingerprint density at radius 1 is 1.29 bits per heavy atom. The summed E-state index contributed by atoms with van der Waals surface area (Å²) in [6, 6.07) is 7.06. The summed E-state index contributed by atoms with van der Waals surface area (Å²) in [4.78, 5) is 18.4. The van der Waals surface area contributed by atoms with Gasteiger partial charge in [-0.05, 0) is 67.8 Å². The van der Waals surface area contributed by atoms with E-state index in [0.29, 0.717) is 37.3 Å². The van der Waals surface area contributed by atoms with Crippen LogP contribution in [0.1, 0.15) is 57.5 Å². The van der Waals surface area contributed by atoms with Crippen molar-refractivity contribution in [3.8, 4) is 5.75 Å². The van der Waals surface area contributed by atoms with Crippen LogP contribution < -0.4 is 10.3 Å². The summed E-state index contributed by atoms with van der Waals surface area (Å²) in [5, 5.41) is 23.5. The minimum atomic E-state index is -0.423. The van der Waals surface area contributed by atoms with E-state index in [9.17, 15) is 9.90 Å². The van der Waals surface area contributed by atoms with Gasteiger partial charge in [0.25, 0.3) is 5.56 Å². The van der Waals surface area contributed by atoms with E-state index in [1.54, 1.807) is 7.11 Å². The summed E-state index contributed by atoms with van der Waals surface area (Å²) in [5.41, 5.74) is 0.854. The number of tetrazole rings is 1. The molecule has 1 fully saturated rings. The Kier molecular flexibility index (Phi) is 5.81. The number of H-pyrrole nitrogens is 1. The number of hydrogen-bond acceptors (Lipinski definition) is 7. The largest absolute Gasteiger partial charge is 0.497 e. The Balaban J connectivity index is 1.89. The Morgan fingerprint density at radius 3 is 2.71 bits per heavy atom. The molecule has 1 aliphatic heterocycles. The molecule has 0 saturated carbocycles. The van der Waals surface area contributed by atoms with Gasteiger partial charge in [0.05, 0.1) is 18.8 Å². The summed E-state index contributed by atoms with van der Waals surface area (Å²) in [7, 11) is 1.62. The van der Waals surface area contributed by atoms with Crippen molar-refractivity contribution in [3.05, 3.63) is 46.0 Å². The number of nitrogens with zero attached hydrogens (tertiary/aromatic N) is 5. The fraction of sp³-hybridized carbons (Fsp3) is 0.545. The monoisotopic (exact) mass is 426 g/mol. The van der Waals surface area contributed by atoms with Crippen molar-refractivity contribution in [2.24, 2.45) is 0 Å². The van der Waals surface area contributed by atoms with Gasteiger partial charge < -0.3 is 14.8 Å². The van der Waals surface area contributed by atoms with Crippen LogP contribution in [-0.4, -0.2) is 61.5 Å². The van der Waals surface area contributed by atoms with E-state index in [4.69, 9.17) is 4.74 Å².